The molecule has 1 fully saturated rings. The SMILES string of the molecule is O=CNCC1CCC(c2ccccc2)C1. The minimum atomic E-state index is 0.667. The van der Waals surface area contributed by atoms with Crippen LogP contribution in [0.5, 0.6) is 0 Å². The maximum Gasteiger partial charge on any atom is 0.207 e. The van der Waals surface area contributed by atoms with Gasteiger partial charge in [0.15, 0.2) is 0 Å². The van der Waals surface area contributed by atoms with Gasteiger partial charge >= 0.3 is 0 Å². The van der Waals surface area contributed by atoms with Gasteiger partial charge in [-0.05, 0) is 36.7 Å². The topological polar surface area (TPSA) is 29.1 Å². The summed E-state index contributed by atoms with van der Waals surface area (Å²) in [7, 11) is 0. The van der Waals surface area contributed by atoms with Crippen LogP contribution in [-0.2, 0) is 4.79 Å². The molecule has 15 heavy (non-hydrogen) atoms. The van der Waals surface area contributed by atoms with Crippen molar-refractivity contribution in [3.05, 3.63) is 35.9 Å². The van der Waals surface area contributed by atoms with Crippen molar-refractivity contribution in [3.63, 3.8) is 0 Å². The molecule has 1 N–H and O–H groups in total. The van der Waals surface area contributed by atoms with Gasteiger partial charge in [0.05, 0.1) is 0 Å². The third-order valence-electron chi connectivity index (χ3n) is 3.30. The van der Waals surface area contributed by atoms with E-state index in [0.29, 0.717) is 11.8 Å². The first-order valence-electron chi connectivity index (χ1n) is 5.62. The first-order valence-corrected chi connectivity index (χ1v) is 5.62. The molecule has 80 valence electrons. The van der Waals surface area contributed by atoms with Gasteiger partial charge < -0.3 is 5.32 Å². The van der Waals surface area contributed by atoms with Crippen LogP contribution in [0.4, 0.5) is 0 Å². The van der Waals surface area contributed by atoms with Crippen molar-refractivity contribution in [3.8, 4) is 0 Å². The molecule has 0 aromatic heterocycles. The van der Waals surface area contributed by atoms with Crippen molar-refractivity contribution >= 4 is 6.41 Å². The van der Waals surface area contributed by atoms with Gasteiger partial charge in [-0.2, -0.15) is 0 Å². The second-order valence-corrected chi connectivity index (χ2v) is 4.31. The van der Waals surface area contributed by atoms with Gasteiger partial charge in [0.2, 0.25) is 6.41 Å². The van der Waals surface area contributed by atoms with Crippen LogP contribution in [0.3, 0.4) is 0 Å². The quantitative estimate of drug-likeness (QED) is 0.747. The van der Waals surface area contributed by atoms with Crippen LogP contribution in [-0.4, -0.2) is 13.0 Å². The minimum absolute atomic E-state index is 0.667. The molecule has 2 nitrogen and oxygen atoms in total. The lowest BCUT2D eigenvalue weighted by Crippen LogP contribution is -2.19. The summed E-state index contributed by atoms with van der Waals surface area (Å²) in [5.74, 6) is 1.37. The number of amides is 1. The Hall–Kier alpha value is -1.31. The fourth-order valence-corrected chi connectivity index (χ4v) is 2.50. The molecule has 0 heterocycles. The number of hydrogen-bond donors (Lipinski definition) is 1. The molecule has 1 aromatic carbocycles. The highest BCUT2D eigenvalue weighted by atomic mass is 16.1. The second kappa shape index (κ2) is 4.96. The lowest BCUT2D eigenvalue weighted by atomic mass is 9.96. The normalized spacial score (nSPS) is 25.1. The van der Waals surface area contributed by atoms with Gasteiger partial charge in [0.1, 0.15) is 0 Å². The number of carbonyl (C=O) groups excluding carboxylic acids is 1. The second-order valence-electron chi connectivity index (χ2n) is 4.31. The van der Waals surface area contributed by atoms with E-state index in [-0.39, 0.29) is 0 Å². The molecule has 1 aliphatic carbocycles. The Kier molecular flexibility index (Phi) is 3.38. The smallest absolute Gasteiger partial charge is 0.207 e. The Morgan fingerprint density at radius 3 is 2.80 bits per heavy atom. The summed E-state index contributed by atoms with van der Waals surface area (Å²) in [5.41, 5.74) is 1.45. The van der Waals surface area contributed by atoms with Crippen molar-refractivity contribution in [1.29, 1.82) is 0 Å². The Morgan fingerprint density at radius 1 is 1.27 bits per heavy atom. The number of benzene rings is 1. The Balaban J connectivity index is 1.90. The third kappa shape index (κ3) is 2.58. The van der Waals surface area contributed by atoms with Crippen LogP contribution in [0.2, 0.25) is 0 Å². The molecule has 0 bridgehead atoms. The number of nitrogens with one attached hydrogen (secondary N) is 1. The molecular formula is C13H17NO. The zero-order chi connectivity index (χ0) is 10.5. The fourth-order valence-electron chi connectivity index (χ4n) is 2.50. The molecule has 1 amide bonds. The average molecular weight is 203 g/mol. The van der Waals surface area contributed by atoms with E-state index in [1.54, 1.807) is 0 Å². The van der Waals surface area contributed by atoms with E-state index < -0.39 is 0 Å². The zero-order valence-electron chi connectivity index (χ0n) is 8.86. The van der Waals surface area contributed by atoms with E-state index in [2.05, 4.69) is 35.6 Å². The maximum atomic E-state index is 10.2. The van der Waals surface area contributed by atoms with Gasteiger partial charge in [0.25, 0.3) is 0 Å². The molecule has 2 atom stereocenters. The van der Waals surface area contributed by atoms with Crippen molar-refractivity contribution in [1.82, 2.24) is 5.32 Å². The van der Waals surface area contributed by atoms with Crippen molar-refractivity contribution < 1.29 is 4.79 Å². The molecule has 1 aliphatic rings. The largest absolute Gasteiger partial charge is 0.358 e. The molecule has 0 radical (unpaired) electrons. The summed E-state index contributed by atoms with van der Waals surface area (Å²) in [6.45, 7) is 0.840. The highest BCUT2D eigenvalue weighted by molar-refractivity contribution is 5.45. The number of rotatable bonds is 4. The molecule has 0 saturated heterocycles. The van der Waals surface area contributed by atoms with Gasteiger partial charge in [-0.3, -0.25) is 4.79 Å². The Morgan fingerprint density at radius 2 is 2.07 bits per heavy atom. The van der Waals surface area contributed by atoms with Gasteiger partial charge in [-0.1, -0.05) is 30.3 Å². The summed E-state index contributed by atoms with van der Waals surface area (Å²) < 4.78 is 0. The van der Waals surface area contributed by atoms with Crippen molar-refractivity contribution in [2.45, 2.75) is 25.2 Å². The van der Waals surface area contributed by atoms with E-state index in [4.69, 9.17) is 0 Å². The fraction of sp³-hybridized carbons (Fsp3) is 0.462. The Bertz CT molecular complexity index is 310. The average Bonchev–Trinajstić information content (AvgIpc) is 2.76. The van der Waals surface area contributed by atoms with Crippen LogP contribution in [0, 0.1) is 5.92 Å². The van der Waals surface area contributed by atoms with E-state index in [1.807, 2.05) is 0 Å². The van der Waals surface area contributed by atoms with E-state index in [0.717, 1.165) is 13.0 Å². The summed E-state index contributed by atoms with van der Waals surface area (Å²) >= 11 is 0. The molecule has 2 heteroatoms. The summed E-state index contributed by atoms with van der Waals surface area (Å²) in [5, 5.41) is 2.78. The first kappa shape index (κ1) is 10.2. The monoisotopic (exact) mass is 203 g/mol. The van der Waals surface area contributed by atoms with Crippen LogP contribution in [0.25, 0.3) is 0 Å². The molecule has 2 unspecified atom stereocenters. The van der Waals surface area contributed by atoms with E-state index in [1.165, 1.54) is 24.8 Å². The molecule has 0 aliphatic heterocycles. The summed E-state index contributed by atoms with van der Waals surface area (Å²) in [6.07, 6.45) is 4.51. The first-order chi connectivity index (χ1) is 7.40. The van der Waals surface area contributed by atoms with Crippen LogP contribution in [0.1, 0.15) is 30.7 Å². The highest BCUT2D eigenvalue weighted by Gasteiger charge is 2.25. The van der Waals surface area contributed by atoms with E-state index >= 15 is 0 Å². The Labute approximate surface area is 90.7 Å². The summed E-state index contributed by atoms with van der Waals surface area (Å²) in [4.78, 5) is 10.2. The van der Waals surface area contributed by atoms with Gasteiger partial charge in [0, 0.05) is 6.54 Å². The van der Waals surface area contributed by atoms with Crippen molar-refractivity contribution in [2.75, 3.05) is 6.54 Å². The van der Waals surface area contributed by atoms with Crippen LogP contribution >= 0.6 is 0 Å². The number of hydrogen-bond acceptors (Lipinski definition) is 1. The van der Waals surface area contributed by atoms with Gasteiger partial charge in [-0.25, -0.2) is 0 Å². The van der Waals surface area contributed by atoms with Crippen LogP contribution < -0.4 is 5.32 Å². The molecule has 1 saturated carbocycles. The molecular weight excluding hydrogens is 186 g/mol. The third-order valence-corrected chi connectivity index (χ3v) is 3.30. The minimum Gasteiger partial charge on any atom is -0.358 e. The molecule has 2 rings (SSSR count). The lowest BCUT2D eigenvalue weighted by molar-refractivity contribution is -0.109. The highest BCUT2D eigenvalue weighted by Crippen LogP contribution is 2.37. The zero-order valence-corrected chi connectivity index (χ0v) is 8.86. The maximum absolute atomic E-state index is 10.2. The predicted octanol–water partition coefficient (Wildman–Crippen LogP) is 2.32. The number of carbonyl (C=O) groups is 1. The van der Waals surface area contributed by atoms with Crippen LogP contribution in [0.15, 0.2) is 30.3 Å². The molecule has 1 aromatic rings. The lowest BCUT2D eigenvalue weighted by Gasteiger charge is -2.11. The standard InChI is InChI=1S/C13H17NO/c15-10-14-9-11-6-7-13(8-11)12-4-2-1-3-5-12/h1-5,10-11,13H,6-9H2,(H,14,15). The molecule has 0 spiro atoms. The van der Waals surface area contributed by atoms with Gasteiger partial charge in [-0.15, -0.1) is 0 Å². The predicted molar refractivity (Wildman–Crippen MR) is 60.6 cm³/mol. The van der Waals surface area contributed by atoms with Crippen molar-refractivity contribution in [2.24, 2.45) is 5.92 Å². The summed E-state index contributed by atoms with van der Waals surface area (Å²) in [6, 6.07) is 10.7. The van der Waals surface area contributed by atoms with E-state index in [9.17, 15) is 4.79 Å².